The van der Waals surface area contributed by atoms with E-state index in [0.29, 0.717) is 25.3 Å². The minimum Gasteiger partial charge on any atom is -0.355 e. The van der Waals surface area contributed by atoms with Crippen LogP contribution in [0.3, 0.4) is 0 Å². The molecule has 5 heteroatoms. The Bertz CT molecular complexity index is 856. The predicted octanol–water partition coefficient (Wildman–Crippen LogP) is 2.87. The second-order valence-corrected chi connectivity index (χ2v) is 7.25. The second-order valence-electron chi connectivity index (χ2n) is 7.25. The lowest BCUT2D eigenvalue weighted by atomic mass is 9.99. The Balaban J connectivity index is 1.17. The summed E-state index contributed by atoms with van der Waals surface area (Å²) in [4.78, 5) is 19.1. The first kappa shape index (κ1) is 17.7. The van der Waals surface area contributed by atoms with E-state index in [1.807, 2.05) is 35.0 Å². The molecule has 1 fully saturated rings. The molecule has 0 radical (unpaired) electrons. The Labute approximate surface area is 160 Å². The van der Waals surface area contributed by atoms with Crippen LogP contribution in [0.1, 0.15) is 30.0 Å². The molecule has 1 aliphatic heterocycles. The summed E-state index contributed by atoms with van der Waals surface area (Å²) in [6, 6.07) is 16.7. The van der Waals surface area contributed by atoms with Crippen LogP contribution in [0.2, 0.25) is 0 Å². The summed E-state index contributed by atoms with van der Waals surface area (Å²) in [6.45, 7) is 3.83. The fraction of sp³-hybridized carbons (Fsp3) is 0.364. The molecule has 4 rings (SSSR count). The molecule has 1 aromatic carbocycles. The Morgan fingerprint density at radius 1 is 1.15 bits per heavy atom. The summed E-state index contributed by atoms with van der Waals surface area (Å²) < 4.78 is 1.99. The molecule has 1 aliphatic rings. The van der Waals surface area contributed by atoms with Gasteiger partial charge in [0.25, 0.3) is 0 Å². The molecule has 1 N–H and O–H groups in total. The highest BCUT2D eigenvalue weighted by molar-refractivity contribution is 5.76. The van der Waals surface area contributed by atoms with Gasteiger partial charge in [0.2, 0.25) is 5.91 Å². The van der Waals surface area contributed by atoms with E-state index in [0.717, 1.165) is 31.0 Å². The number of aryl methyl sites for hydroxylation is 1. The molecule has 5 nitrogen and oxygen atoms in total. The zero-order valence-corrected chi connectivity index (χ0v) is 15.6. The van der Waals surface area contributed by atoms with Crippen molar-refractivity contribution >= 4 is 11.6 Å². The number of nitrogens with one attached hydrogen (secondary N) is 1. The second kappa shape index (κ2) is 8.35. The quantitative estimate of drug-likeness (QED) is 0.703. The summed E-state index contributed by atoms with van der Waals surface area (Å²) in [7, 11) is 0. The molecule has 1 atom stereocenters. The zero-order valence-electron chi connectivity index (χ0n) is 15.6. The van der Waals surface area contributed by atoms with Crippen LogP contribution in [0.15, 0.2) is 60.9 Å². The average Bonchev–Trinajstić information content (AvgIpc) is 3.34. The largest absolute Gasteiger partial charge is 0.355 e. The number of rotatable bonds is 7. The Kier molecular flexibility index (Phi) is 5.49. The van der Waals surface area contributed by atoms with Crippen molar-refractivity contribution in [3.8, 4) is 0 Å². The van der Waals surface area contributed by atoms with Crippen LogP contribution >= 0.6 is 0 Å². The van der Waals surface area contributed by atoms with Crippen molar-refractivity contribution in [2.45, 2.75) is 25.2 Å². The molecule has 0 bridgehead atoms. The van der Waals surface area contributed by atoms with Crippen molar-refractivity contribution < 1.29 is 4.79 Å². The van der Waals surface area contributed by atoms with E-state index >= 15 is 0 Å². The average molecular weight is 362 g/mol. The van der Waals surface area contributed by atoms with E-state index in [9.17, 15) is 4.79 Å². The lowest BCUT2D eigenvalue weighted by molar-refractivity contribution is -0.121. The fourth-order valence-electron chi connectivity index (χ4n) is 3.82. The first-order valence-electron chi connectivity index (χ1n) is 9.74. The fourth-order valence-corrected chi connectivity index (χ4v) is 3.82. The third kappa shape index (κ3) is 4.55. The smallest absolute Gasteiger partial charge is 0.220 e. The van der Waals surface area contributed by atoms with Crippen LogP contribution in [0, 0.1) is 0 Å². The van der Waals surface area contributed by atoms with Gasteiger partial charge in [0.05, 0.1) is 5.69 Å². The van der Waals surface area contributed by atoms with Crippen LogP contribution in [0.5, 0.6) is 0 Å². The van der Waals surface area contributed by atoms with Gasteiger partial charge in [0, 0.05) is 38.4 Å². The molecule has 0 aliphatic carbocycles. The number of aromatic nitrogens is 2. The lowest BCUT2D eigenvalue weighted by Crippen LogP contribution is -2.33. The molecule has 140 valence electrons. The normalized spacial score (nSPS) is 17.4. The summed E-state index contributed by atoms with van der Waals surface area (Å²) in [5.41, 5.74) is 3.31. The van der Waals surface area contributed by atoms with Gasteiger partial charge in [-0.2, -0.15) is 0 Å². The van der Waals surface area contributed by atoms with Crippen LogP contribution in [0.4, 0.5) is 0 Å². The first-order chi connectivity index (χ1) is 13.3. The molecular formula is C22H26N4O. The minimum absolute atomic E-state index is 0.103. The maximum atomic E-state index is 12.1. The summed E-state index contributed by atoms with van der Waals surface area (Å²) >= 11 is 0. The predicted molar refractivity (Wildman–Crippen MR) is 107 cm³/mol. The van der Waals surface area contributed by atoms with E-state index in [1.54, 1.807) is 0 Å². The van der Waals surface area contributed by atoms with Crippen LogP contribution in [-0.2, 0) is 11.2 Å². The summed E-state index contributed by atoms with van der Waals surface area (Å²) in [5, 5.41) is 3.05. The van der Waals surface area contributed by atoms with Crippen LogP contribution in [-0.4, -0.2) is 46.4 Å². The molecule has 3 heterocycles. The standard InChI is InChI=1S/C22H26N4O/c27-22(10-9-20-17-26-13-5-4-8-21(26)24-20)23-12-15-25-14-11-19(16-25)18-6-2-1-3-7-18/h1-8,13,17,19H,9-12,14-16H2,(H,23,27)/t19-/m1/s1. The lowest BCUT2D eigenvalue weighted by Gasteiger charge is -2.16. The number of carbonyl (C=O) groups is 1. The highest BCUT2D eigenvalue weighted by Gasteiger charge is 2.23. The third-order valence-corrected chi connectivity index (χ3v) is 5.32. The number of carbonyl (C=O) groups excluding carboxylic acids is 1. The Morgan fingerprint density at radius 3 is 2.85 bits per heavy atom. The molecule has 0 saturated carbocycles. The van der Waals surface area contributed by atoms with Crippen molar-refractivity contribution in [1.82, 2.24) is 19.6 Å². The maximum absolute atomic E-state index is 12.1. The van der Waals surface area contributed by atoms with E-state index in [4.69, 9.17) is 0 Å². The van der Waals surface area contributed by atoms with Gasteiger partial charge < -0.3 is 14.6 Å². The van der Waals surface area contributed by atoms with Crippen molar-refractivity contribution in [3.05, 3.63) is 72.2 Å². The van der Waals surface area contributed by atoms with Crippen molar-refractivity contribution in [2.24, 2.45) is 0 Å². The first-order valence-corrected chi connectivity index (χ1v) is 9.74. The topological polar surface area (TPSA) is 49.6 Å². The van der Waals surface area contributed by atoms with Crippen LogP contribution in [0.25, 0.3) is 5.65 Å². The van der Waals surface area contributed by atoms with Crippen molar-refractivity contribution in [3.63, 3.8) is 0 Å². The Morgan fingerprint density at radius 2 is 2.00 bits per heavy atom. The van der Waals surface area contributed by atoms with Gasteiger partial charge in [0.15, 0.2) is 0 Å². The van der Waals surface area contributed by atoms with E-state index < -0.39 is 0 Å². The van der Waals surface area contributed by atoms with Gasteiger partial charge in [-0.1, -0.05) is 36.4 Å². The van der Waals surface area contributed by atoms with E-state index in [2.05, 4.69) is 45.5 Å². The zero-order chi connectivity index (χ0) is 18.5. The molecule has 1 amide bonds. The highest BCUT2D eigenvalue weighted by atomic mass is 16.1. The number of hydrogen-bond donors (Lipinski definition) is 1. The molecular weight excluding hydrogens is 336 g/mol. The molecule has 0 spiro atoms. The molecule has 27 heavy (non-hydrogen) atoms. The van der Waals surface area contributed by atoms with Gasteiger partial charge in [-0.25, -0.2) is 4.98 Å². The number of amides is 1. The van der Waals surface area contributed by atoms with Gasteiger partial charge in [0.1, 0.15) is 5.65 Å². The number of imidazole rings is 1. The summed E-state index contributed by atoms with van der Waals surface area (Å²) in [6.07, 6.45) is 6.33. The number of benzene rings is 1. The molecule has 0 unspecified atom stereocenters. The van der Waals surface area contributed by atoms with Gasteiger partial charge >= 0.3 is 0 Å². The van der Waals surface area contributed by atoms with Crippen molar-refractivity contribution in [1.29, 1.82) is 0 Å². The SMILES string of the molecule is O=C(CCc1cn2ccccc2n1)NCCN1CC[C@@H](c2ccccc2)C1. The van der Waals surface area contributed by atoms with Gasteiger partial charge in [-0.3, -0.25) is 4.79 Å². The van der Waals surface area contributed by atoms with Gasteiger partial charge in [-0.05, 0) is 43.0 Å². The minimum atomic E-state index is 0.103. The number of pyridine rings is 1. The maximum Gasteiger partial charge on any atom is 0.220 e. The molecule has 3 aromatic rings. The van der Waals surface area contributed by atoms with Gasteiger partial charge in [-0.15, -0.1) is 0 Å². The van der Waals surface area contributed by atoms with Crippen molar-refractivity contribution in [2.75, 3.05) is 26.2 Å². The number of nitrogens with zero attached hydrogens (tertiary/aromatic N) is 3. The van der Waals surface area contributed by atoms with Crippen LogP contribution < -0.4 is 5.32 Å². The number of fused-ring (bicyclic) bond motifs is 1. The molecule has 1 saturated heterocycles. The number of hydrogen-bond acceptors (Lipinski definition) is 3. The van der Waals surface area contributed by atoms with E-state index in [-0.39, 0.29) is 5.91 Å². The third-order valence-electron chi connectivity index (χ3n) is 5.32. The Hall–Kier alpha value is -2.66. The van der Waals surface area contributed by atoms with E-state index in [1.165, 1.54) is 12.0 Å². The summed E-state index contributed by atoms with van der Waals surface area (Å²) in [5.74, 6) is 0.725. The molecule has 2 aromatic heterocycles. The highest BCUT2D eigenvalue weighted by Crippen LogP contribution is 2.26. The number of likely N-dealkylation sites (tertiary alicyclic amines) is 1. The monoisotopic (exact) mass is 362 g/mol.